The monoisotopic (exact) mass is 425 g/mol. The van der Waals surface area contributed by atoms with Crippen molar-refractivity contribution >= 4 is 17.9 Å². The lowest BCUT2D eigenvalue weighted by atomic mass is 10.1. The highest BCUT2D eigenvalue weighted by Crippen LogP contribution is 2.30. The van der Waals surface area contributed by atoms with Gasteiger partial charge in [0.25, 0.3) is 0 Å². The number of aldehydes is 1. The number of hydrogen-bond donors (Lipinski definition) is 1. The third kappa shape index (κ3) is 4.56. The van der Waals surface area contributed by atoms with Crippen LogP contribution in [0.4, 0.5) is 0 Å². The van der Waals surface area contributed by atoms with E-state index < -0.39 is 0 Å². The third-order valence-corrected chi connectivity index (χ3v) is 5.72. The van der Waals surface area contributed by atoms with Crippen molar-refractivity contribution in [2.24, 2.45) is 7.05 Å². The minimum atomic E-state index is -0.173. The zero-order chi connectivity index (χ0) is 21.1. The molecule has 1 aliphatic heterocycles. The molecule has 0 spiro atoms. The van der Waals surface area contributed by atoms with Crippen molar-refractivity contribution in [2.45, 2.75) is 25.5 Å². The van der Waals surface area contributed by atoms with E-state index in [-0.39, 0.29) is 6.10 Å². The van der Waals surface area contributed by atoms with E-state index in [9.17, 15) is 9.90 Å². The number of piperidine rings is 1. The molecule has 156 valence electrons. The van der Waals surface area contributed by atoms with Gasteiger partial charge in [0.2, 0.25) is 0 Å². The molecule has 3 aromatic rings. The molecule has 4 rings (SSSR count). The van der Waals surface area contributed by atoms with Gasteiger partial charge in [0.05, 0.1) is 30.1 Å². The molecular formula is C23H24ClN3O3. The number of aliphatic hydroxyl groups excluding tert-OH is 1. The van der Waals surface area contributed by atoms with Crippen LogP contribution in [0.1, 0.15) is 29.0 Å². The first-order valence-electron chi connectivity index (χ1n) is 9.97. The summed E-state index contributed by atoms with van der Waals surface area (Å²) in [6.07, 6.45) is 4.09. The summed E-state index contributed by atoms with van der Waals surface area (Å²) in [5, 5.41) is 10.2. The number of aliphatic hydroxyl groups is 1. The molecule has 1 N–H and O–H groups in total. The van der Waals surface area contributed by atoms with Crippen molar-refractivity contribution in [2.75, 3.05) is 13.1 Å². The standard InChI is InChI=1S/C23H24ClN3O3/c1-26-21(13-25-23(26)14-27-10-8-19(29)9-11-27)16-3-6-20(7-4-16)30-22-12-18(24)5-2-17(22)15-28/h2-7,12-13,15,19,29H,8-11,14H2,1H3. The lowest BCUT2D eigenvalue weighted by Gasteiger charge is -2.29. The molecule has 0 saturated carbocycles. The normalized spacial score (nSPS) is 15.3. The van der Waals surface area contributed by atoms with E-state index in [1.807, 2.05) is 37.5 Å². The van der Waals surface area contributed by atoms with Gasteiger partial charge in [-0.05, 0) is 49.2 Å². The fourth-order valence-electron chi connectivity index (χ4n) is 3.66. The molecule has 0 unspecified atom stereocenters. The Labute approximate surface area is 180 Å². The maximum absolute atomic E-state index is 11.2. The van der Waals surface area contributed by atoms with E-state index in [1.165, 1.54) is 0 Å². The van der Waals surface area contributed by atoms with Crippen LogP contribution >= 0.6 is 11.6 Å². The third-order valence-electron chi connectivity index (χ3n) is 5.49. The number of carbonyl (C=O) groups is 1. The number of benzene rings is 2. The predicted octanol–water partition coefficient (Wildman–Crippen LogP) is 4.30. The van der Waals surface area contributed by atoms with Gasteiger partial charge in [-0.1, -0.05) is 11.6 Å². The number of likely N-dealkylation sites (tertiary alicyclic amines) is 1. The van der Waals surface area contributed by atoms with Gasteiger partial charge in [-0.15, -0.1) is 0 Å². The van der Waals surface area contributed by atoms with E-state index in [2.05, 4.69) is 14.5 Å². The van der Waals surface area contributed by atoms with Crippen molar-refractivity contribution < 1.29 is 14.6 Å². The first-order chi connectivity index (χ1) is 14.5. The second kappa shape index (κ2) is 9.00. The van der Waals surface area contributed by atoms with Gasteiger partial charge in [0.1, 0.15) is 17.3 Å². The summed E-state index contributed by atoms with van der Waals surface area (Å²) in [7, 11) is 2.02. The molecular weight excluding hydrogens is 402 g/mol. The number of halogens is 1. The van der Waals surface area contributed by atoms with Crippen LogP contribution in [0.25, 0.3) is 11.3 Å². The molecule has 6 nitrogen and oxygen atoms in total. The largest absolute Gasteiger partial charge is 0.457 e. The summed E-state index contributed by atoms with van der Waals surface area (Å²) in [6, 6.07) is 12.6. The Balaban J connectivity index is 1.47. The summed E-state index contributed by atoms with van der Waals surface area (Å²) in [5.41, 5.74) is 2.49. The minimum Gasteiger partial charge on any atom is -0.457 e. The van der Waals surface area contributed by atoms with Crippen molar-refractivity contribution in [3.63, 3.8) is 0 Å². The molecule has 30 heavy (non-hydrogen) atoms. The Morgan fingerprint density at radius 1 is 1.20 bits per heavy atom. The van der Waals surface area contributed by atoms with Gasteiger partial charge in [0, 0.05) is 36.8 Å². The van der Waals surface area contributed by atoms with Crippen LogP contribution in [0, 0.1) is 0 Å². The van der Waals surface area contributed by atoms with E-state index in [1.54, 1.807) is 18.2 Å². The fourth-order valence-corrected chi connectivity index (χ4v) is 3.82. The molecule has 1 aliphatic rings. The highest BCUT2D eigenvalue weighted by Gasteiger charge is 2.19. The predicted molar refractivity (Wildman–Crippen MR) is 116 cm³/mol. The maximum Gasteiger partial charge on any atom is 0.153 e. The van der Waals surface area contributed by atoms with Crippen LogP contribution in [0.5, 0.6) is 11.5 Å². The maximum atomic E-state index is 11.2. The molecule has 0 radical (unpaired) electrons. The Hall–Kier alpha value is -2.67. The Morgan fingerprint density at radius 2 is 1.93 bits per heavy atom. The molecule has 7 heteroatoms. The number of carbonyl (C=O) groups excluding carboxylic acids is 1. The van der Waals surface area contributed by atoms with Crippen molar-refractivity contribution in [3.05, 3.63) is 65.1 Å². The van der Waals surface area contributed by atoms with Crippen molar-refractivity contribution in [1.29, 1.82) is 0 Å². The molecule has 1 saturated heterocycles. The summed E-state index contributed by atoms with van der Waals surface area (Å²) < 4.78 is 7.95. The van der Waals surface area contributed by atoms with Gasteiger partial charge in [0.15, 0.2) is 6.29 Å². The molecule has 2 heterocycles. The smallest absolute Gasteiger partial charge is 0.153 e. The molecule has 0 aliphatic carbocycles. The average Bonchev–Trinajstić information content (AvgIpc) is 3.11. The quantitative estimate of drug-likeness (QED) is 0.596. The fraction of sp³-hybridized carbons (Fsp3) is 0.304. The zero-order valence-corrected chi connectivity index (χ0v) is 17.5. The van der Waals surface area contributed by atoms with Gasteiger partial charge in [-0.2, -0.15) is 0 Å². The van der Waals surface area contributed by atoms with Crippen molar-refractivity contribution in [1.82, 2.24) is 14.5 Å². The topological polar surface area (TPSA) is 67.6 Å². The lowest BCUT2D eigenvalue weighted by molar-refractivity contribution is 0.0777. The molecule has 2 aromatic carbocycles. The molecule has 1 aromatic heterocycles. The number of imidazole rings is 1. The molecule has 0 amide bonds. The molecule has 0 bridgehead atoms. The summed E-state index contributed by atoms with van der Waals surface area (Å²) in [6.45, 7) is 2.55. The van der Waals surface area contributed by atoms with E-state index in [0.717, 1.165) is 55.8 Å². The Bertz CT molecular complexity index is 1020. The van der Waals surface area contributed by atoms with Crippen LogP contribution in [0.3, 0.4) is 0 Å². The number of nitrogens with zero attached hydrogens (tertiary/aromatic N) is 3. The highest BCUT2D eigenvalue weighted by atomic mass is 35.5. The highest BCUT2D eigenvalue weighted by molar-refractivity contribution is 6.30. The number of ether oxygens (including phenoxy) is 1. The second-order valence-electron chi connectivity index (χ2n) is 7.55. The van der Waals surface area contributed by atoms with Crippen LogP contribution in [0.2, 0.25) is 5.02 Å². The Kier molecular flexibility index (Phi) is 6.18. The number of hydrogen-bond acceptors (Lipinski definition) is 5. The number of rotatable bonds is 6. The lowest BCUT2D eigenvalue weighted by Crippen LogP contribution is -2.35. The van der Waals surface area contributed by atoms with Crippen LogP contribution in [-0.2, 0) is 13.6 Å². The molecule has 0 atom stereocenters. The van der Waals surface area contributed by atoms with Gasteiger partial charge in [-0.3, -0.25) is 9.69 Å². The molecule has 1 fully saturated rings. The van der Waals surface area contributed by atoms with Gasteiger partial charge in [-0.25, -0.2) is 4.98 Å². The SMILES string of the molecule is Cn1c(-c2ccc(Oc3cc(Cl)ccc3C=O)cc2)cnc1CN1CCC(O)CC1. The second-order valence-corrected chi connectivity index (χ2v) is 7.99. The minimum absolute atomic E-state index is 0.173. The summed E-state index contributed by atoms with van der Waals surface area (Å²) in [4.78, 5) is 18.1. The van der Waals surface area contributed by atoms with Crippen LogP contribution in [-0.4, -0.2) is 45.0 Å². The van der Waals surface area contributed by atoms with E-state index in [4.69, 9.17) is 16.3 Å². The average molecular weight is 426 g/mol. The van der Waals surface area contributed by atoms with Crippen LogP contribution in [0.15, 0.2) is 48.7 Å². The first-order valence-corrected chi connectivity index (χ1v) is 10.4. The Morgan fingerprint density at radius 3 is 2.63 bits per heavy atom. The van der Waals surface area contributed by atoms with Crippen molar-refractivity contribution in [3.8, 4) is 22.8 Å². The van der Waals surface area contributed by atoms with E-state index in [0.29, 0.717) is 22.1 Å². The van der Waals surface area contributed by atoms with E-state index >= 15 is 0 Å². The first kappa shape index (κ1) is 20.6. The van der Waals surface area contributed by atoms with Gasteiger partial charge < -0.3 is 14.4 Å². The summed E-state index contributed by atoms with van der Waals surface area (Å²) in [5.74, 6) is 2.05. The number of aromatic nitrogens is 2. The summed E-state index contributed by atoms with van der Waals surface area (Å²) >= 11 is 6.02. The van der Waals surface area contributed by atoms with Crippen LogP contribution < -0.4 is 4.74 Å². The van der Waals surface area contributed by atoms with Gasteiger partial charge >= 0.3 is 0 Å². The zero-order valence-electron chi connectivity index (χ0n) is 16.8.